The molecule has 0 aromatic rings. The van der Waals surface area contributed by atoms with Gasteiger partial charge >= 0.3 is 0 Å². The summed E-state index contributed by atoms with van der Waals surface area (Å²) in [5.74, 6) is 0. The van der Waals surface area contributed by atoms with Crippen molar-refractivity contribution >= 4 is 0 Å². The van der Waals surface area contributed by atoms with Crippen LogP contribution in [0.3, 0.4) is 0 Å². The lowest BCUT2D eigenvalue weighted by Crippen LogP contribution is -2.26. The predicted molar refractivity (Wildman–Crippen MR) is 39.7 cm³/mol. The van der Waals surface area contributed by atoms with Crippen LogP contribution in [-0.2, 0) is 4.74 Å². The van der Waals surface area contributed by atoms with Crippen molar-refractivity contribution in [2.24, 2.45) is 5.73 Å². The highest BCUT2D eigenvalue weighted by molar-refractivity contribution is 4.95. The van der Waals surface area contributed by atoms with Gasteiger partial charge in [0.05, 0.1) is 5.60 Å². The summed E-state index contributed by atoms with van der Waals surface area (Å²) in [6.07, 6.45) is 5.97. The second-order valence-corrected chi connectivity index (χ2v) is 3.64. The molecule has 2 N–H and O–H groups in total. The van der Waals surface area contributed by atoms with Gasteiger partial charge in [0, 0.05) is 12.6 Å². The second kappa shape index (κ2) is 2.21. The fourth-order valence-electron chi connectivity index (χ4n) is 2.24. The van der Waals surface area contributed by atoms with E-state index < -0.39 is 0 Å². The van der Waals surface area contributed by atoms with E-state index in [0.717, 1.165) is 13.0 Å². The molecule has 0 aromatic carbocycles. The van der Waals surface area contributed by atoms with Gasteiger partial charge in [0.15, 0.2) is 0 Å². The highest BCUT2D eigenvalue weighted by Crippen LogP contribution is 2.40. The van der Waals surface area contributed by atoms with E-state index in [-0.39, 0.29) is 5.60 Å². The van der Waals surface area contributed by atoms with Crippen molar-refractivity contribution in [1.82, 2.24) is 0 Å². The molecule has 10 heavy (non-hydrogen) atoms. The van der Waals surface area contributed by atoms with Crippen molar-refractivity contribution in [3.05, 3.63) is 0 Å². The SMILES string of the molecule is N[C@H]1CC[C@]2(CCCO2)C1. The van der Waals surface area contributed by atoms with Gasteiger partial charge in [-0.1, -0.05) is 0 Å². The van der Waals surface area contributed by atoms with E-state index in [2.05, 4.69) is 0 Å². The first-order valence-electron chi connectivity index (χ1n) is 4.20. The number of ether oxygens (including phenoxy) is 1. The van der Waals surface area contributed by atoms with Crippen molar-refractivity contribution in [3.8, 4) is 0 Å². The van der Waals surface area contributed by atoms with Crippen LogP contribution in [-0.4, -0.2) is 18.2 Å². The largest absolute Gasteiger partial charge is 0.375 e. The Bertz CT molecular complexity index is 129. The van der Waals surface area contributed by atoms with Gasteiger partial charge in [0.1, 0.15) is 0 Å². The molecule has 2 rings (SSSR count). The molecule has 1 saturated heterocycles. The maximum atomic E-state index is 5.81. The van der Waals surface area contributed by atoms with Gasteiger partial charge < -0.3 is 10.5 Å². The standard InChI is InChI=1S/C8H15NO/c9-7-2-4-8(6-7)3-1-5-10-8/h7H,1-6,9H2/t7-,8+/m0/s1. The van der Waals surface area contributed by atoms with Gasteiger partial charge in [-0.2, -0.15) is 0 Å². The molecule has 0 bridgehead atoms. The van der Waals surface area contributed by atoms with Crippen molar-refractivity contribution in [2.75, 3.05) is 6.61 Å². The number of hydrogen-bond donors (Lipinski definition) is 1. The summed E-state index contributed by atoms with van der Waals surface area (Å²) in [5, 5.41) is 0. The Morgan fingerprint density at radius 2 is 2.30 bits per heavy atom. The smallest absolute Gasteiger partial charge is 0.0698 e. The molecule has 2 nitrogen and oxygen atoms in total. The molecule has 2 atom stereocenters. The monoisotopic (exact) mass is 141 g/mol. The van der Waals surface area contributed by atoms with Gasteiger partial charge in [-0.25, -0.2) is 0 Å². The summed E-state index contributed by atoms with van der Waals surface area (Å²) in [4.78, 5) is 0. The molecule has 1 spiro atoms. The molecule has 0 amide bonds. The molecule has 2 fully saturated rings. The van der Waals surface area contributed by atoms with Crippen LogP contribution >= 0.6 is 0 Å². The molecular weight excluding hydrogens is 126 g/mol. The molecule has 0 radical (unpaired) electrons. The molecule has 2 aliphatic rings. The first-order valence-corrected chi connectivity index (χ1v) is 4.20. The minimum absolute atomic E-state index is 0.236. The van der Waals surface area contributed by atoms with Crippen LogP contribution in [0, 0.1) is 0 Å². The van der Waals surface area contributed by atoms with E-state index in [0.29, 0.717) is 6.04 Å². The second-order valence-electron chi connectivity index (χ2n) is 3.64. The van der Waals surface area contributed by atoms with E-state index >= 15 is 0 Å². The quantitative estimate of drug-likeness (QED) is 0.547. The molecule has 1 saturated carbocycles. The molecule has 0 aromatic heterocycles. The Labute approximate surface area is 61.7 Å². The number of hydrogen-bond acceptors (Lipinski definition) is 2. The van der Waals surface area contributed by atoms with E-state index in [1.165, 1.54) is 25.7 Å². The highest BCUT2D eigenvalue weighted by atomic mass is 16.5. The maximum Gasteiger partial charge on any atom is 0.0698 e. The zero-order valence-electron chi connectivity index (χ0n) is 6.31. The van der Waals surface area contributed by atoms with E-state index in [1.807, 2.05) is 0 Å². The Kier molecular flexibility index (Phi) is 1.46. The Hall–Kier alpha value is -0.0800. The van der Waals surface area contributed by atoms with Crippen molar-refractivity contribution < 1.29 is 4.74 Å². The lowest BCUT2D eigenvalue weighted by molar-refractivity contribution is 0.00950. The van der Waals surface area contributed by atoms with Crippen LogP contribution in [0.25, 0.3) is 0 Å². The summed E-state index contributed by atoms with van der Waals surface area (Å²) in [6, 6.07) is 0.415. The normalized spacial score (nSPS) is 47.1. The van der Waals surface area contributed by atoms with E-state index in [1.54, 1.807) is 0 Å². The average Bonchev–Trinajstić information content (AvgIpc) is 2.46. The minimum Gasteiger partial charge on any atom is -0.375 e. The lowest BCUT2D eigenvalue weighted by Gasteiger charge is -2.21. The van der Waals surface area contributed by atoms with Crippen molar-refractivity contribution in [3.63, 3.8) is 0 Å². The fraction of sp³-hybridized carbons (Fsp3) is 1.00. The molecule has 58 valence electrons. The summed E-state index contributed by atoms with van der Waals surface area (Å²) < 4.78 is 5.69. The Morgan fingerprint density at radius 1 is 1.40 bits per heavy atom. The molecule has 2 heteroatoms. The maximum absolute atomic E-state index is 5.81. The number of nitrogens with two attached hydrogens (primary N) is 1. The van der Waals surface area contributed by atoms with Crippen LogP contribution in [0.2, 0.25) is 0 Å². The van der Waals surface area contributed by atoms with Crippen LogP contribution in [0.15, 0.2) is 0 Å². The van der Waals surface area contributed by atoms with Gasteiger partial charge in [0.2, 0.25) is 0 Å². The van der Waals surface area contributed by atoms with E-state index in [4.69, 9.17) is 10.5 Å². The van der Waals surface area contributed by atoms with Gasteiger partial charge in [-0.3, -0.25) is 0 Å². The topological polar surface area (TPSA) is 35.2 Å². The summed E-state index contributed by atoms with van der Waals surface area (Å²) in [7, 11) is 0. The zero-order valence-corrected chi connectivity index (χ0v) is 6.31. The molecule has 1 aliphatic carbocycles. The average molecular weight is 141 g/mol. The van der Waals surface area contributed by atoms with Crippen LogP contribution in [0.1, 0.15) is 32.1 Å². The first-order chi connectivity index (χ1) is 4.81. The number of rotatable bonds is 0. The van der Waals surface area contributed by atoms with Crippen LogP contribution < -0.4 is 5.73 Å². The Balaban J connectivity index is 2.03. The summed E-state index contributed by atoms with van der Waals surface area (Å²) in [6.45, 7) is 0.965. The molecular formula is C8H15NO. The predicted octanol–water partition coefficient (Wildman–Crippen LogP) is 1.05. The van der Waals surface area contributed by atoms with Gasteiger partial charge in [-0.15, -0.1) is 0 Å². The molecule has 1 heterocycles. The van der Waals surface area contributed by atoms with Crippen molar-refractivity contribution in [2.45, 2.75) is 43.7 Å². The third kappa shape index (κ3) is 0.956. The lowest BCUT2D eigenvalue weighted by atomic mass is 9.98. The van der Waals surface area contributed by atoms with Crippen LogP contribution in [0.5, 0.6) is 0 Å². The fourth-order valence-corrected chi connectivity index (χ4v) is 2.24. The van der Waals surface area contributed by atoms with Gasteiger partial charge in [0.25, 0.3) is 0 Å². The third-order valence-electron chi connectivity index (χ3n) is 2.79. The minimum atomic E-state index is 0.236. The first kappa shape index (κ1) is 6.62. The highest BCUT2D eigenvalue weighted by Gasteiger charge is 2.40. The molecule has 0 unspecified atom stereocenters. The molecule has 1 aliphatic heterocycles. The van der Waals surface area contributed by atoms with Crippen LogP contribution in [0.4, 0.5) is 0 Å². The van der Waals surface area contributed by atoms with Crippen molar-refractivity contribution in [1.29, 1.82) is 0 Å². The Morgan fingerprint density at radius 3 is 2.80 bits per heavy atom. The zero-order chi connectivity index (χ0) is 7.03. The third-order valence-corrected chi connectivity index (χ3v) is 2.79. The summed E-state index contributed by atoms with van der Waals surface area (Å²) >= 11 is 0. The van der Waals surface area contributed by atoms with Gasteiger partial charge in [-0.05, 0) is 32.1 Å². The van der Waals surface area contributed by atoms with E-state index in [9.17, 15) is 0 Å². The summed E-state index contributed by atoms with van der Waals surface area (Å²) in [5.41, 5.74) is 6.04.